The van der Waals surface area contributed by atoms with Gasteiger partial charge in [-0.05, 0) is 68.9 Å². The van der Waals surface area contributed by atoms with Crippen molar-refractivity contribution in [2.24, 2.45) is 5.92 Å². The van der Waals surface area contributed by atoms with Crippen LogP contribution in [0.2, 0.25) is 0 Å². The van der Waals surface area contributed by atoms with Gasteiger partial charge in [0.15, 0.2) is 0 Å². The number of likely N-dealkylation sites (tertiary alicyclic amines) is 1. The van der Waals surface area contributed by atoms with E-state index >= 15 is 0 Å². The molecule has 1 saturated heterocycles. The quantitative estimate of drug-likeness (QED) is 0.624. The Labute approximate surface area is 183 Å². The van der Waals surface area contributed by atoms with E-state index in [9.17, 15) is 4.79 Å². The summed E-state index contributed by atoms with van der Waals surface area (Å²) in [5, 5.41) is 13.3. The summed E-state index contributed by atoms with van der Waals surface area (Å²) in [4.78, 5) is 20.2. The van der Waals surface area contributed by atoms with Crippen LogP contribution in [0.4, 0.5) is 0 Å². The van der Waals surface area contributed by atoms with E-state index in [1.807, 2.05) is 43.5 Å². The number of piperidine rings is 1. The SMILES string of the molecule is Cc1ccc(-n2cccn2)c(C(=O)N2CCC[C@@H](C)[C@H]2CCc2ccc(C#N)cn2)c1. The predicted octanol–water partition coefficient (Wildman–Crippen LogP) is 4.32. The van der Waals surface area contributed by atoms with Crippen molar-refractivity contribution < 1.29 is 4.79 Å². The fourth-order valence-electron chi connectivity index (χ4n) is 4.46. The fourth-order valence-corrected chi connectivity index (χ4v) is 4.46. The largest absolute Gasteiger partial charge is 0.335 e. The summed E-state index contributed by atoms with van der Waals surface area (Å²) in [5.41, 5.74) is 4.09. The van der Waals surface area contributed by atoms with Crippen molar-refractivity contribution in [1.82, 2.24) is 19.7 Å². The van der Waals surface area contributed by atoms with Crippen molar-refractivity contribution in [3.63, 3.8) is 0 Å². The van der Waals surface area contributed by atoms with Gasteiger partial charge in [0.05, 0.1) is 16.8 Å². The molecule has 6 heteroatoms. The third-order valence-electron chi connectivity index (χ3n) is 6.16. The minimum atomic E-state index is 0.0681. The molecule has 3 heterocycles. The molecule has 0 unspecified atom stereocenters. The molecule has 0 radical (unpaired) electrons. The maximum absolute atomic E-state index is 13.8. The third kappa shape index (κ3) is 4.51. The highest BCUT2D eigenvalue weighted by Gasteiger charge is 2.33. The van der Waals surface area contributed by atoms with Crippen LogP contribution in [0.15, 0.2) is 55.0 Å². The summed E-state index contributed by atoms with van der Waals surface area (Å²) in [6, 6.07) is 13.8. The zero-order valence-corrected chi connectivity index (χ0v) is 18.0. The van der Waals surface area contributed by atoms with E-state index in [0.717, 1.165) is 49.2 Å². The Morgan fingerprint density at radius 1 is 1.29 bits per heavy atom. The second-order valence-electron chi connectivity index (χ2n) is 8.35. The minimum absolute atomic E-state index is 0.0681. The number of rotatable bonds is 5. The number of carbonyl (C=O) groups excluding carboxylic acids is 1. The molecule has 1 fully saturated rings. The zero-order chi connectivity index (χ0) is 21.8. The van der Waals surface area contributed by atoms with Gasteiger partial charge in [-0.25, -0.2) is 4.68 Å². The van der Waals surface area contributed by atoms with Crippen molar-refractivity contribution in [2.45, 2.75) is 45.6 Å². The smallest absolute Gasteiger partial charge is 0.256 e. The van der Waals surface area contributed by atoms with Crippen LogP contribution in [0.3, 0.4) is 0 Å². The summed E-state index contributed by atoms with van der Waals surface area (Å²) in [5.74, 6) is 0.493. The number of aryl methyl sites for hydroxylation is 2. The molecule has 0 spiro atoms. The number of benzene rings is 1. The number of carbonyl (C=O) groups is 1. The van der Waals surface area contributed by atoms with Crippen LogP contribution in [-0.4, -0.2) is 38.2 Å². The zero-order valence-electron chi connectivity index (χ0n) is 18.0. The molecule has 0 saturated carbocycles. The molecule has 1 aliphatic rings. The fraction of sp³-hybridized carbons (Fsp3) is 0.360. The van der Waals surface area contributed by atoms with Crippen LogP contribution in [0.25, 0.3) is 5.69 Å². The average molecular weight is 414 g/mol. The van der Waals surface area contributed by atoms with Gasteiger partial charge in [0.1, 0.15) is 6.07 Å². The molecule has 1 aliphatic heterocycles. The summed E-state index contributed by atoms with van der Waals surface area (Å²) in [6.07, 6.45) is 8.99. The van der Waals surface area contributed by atoms with Crippen molar-refractivity contribution in [1.29, 1.82) is 5.26 Å². The first kappa shape index (κ1) is 20.8. The van der Waals surface area contributed by atoms with E-state index in [2.05, 4.69) is 28.0 Å². The van der Waals surface area contributed by atoms with E-state index in [-0.39, 0.29) is 11.9 Å². The van der Waals surface area contributed by atoms with E-state index in [1.165, 1.54) is 0 Å². The molecule has 158 valence electrons. The Morgan fingerprint density at radius 2 is 2.16 bits per heavy atom. The Bertz CT molecular complexity index is 1080. The first-order valence-corrected chi connectivity index (χ1v) is 10.8. The van der Waals surface area contributed by atoms with Crippen molar-refractivity contribution >= 4 is 5.91 Å². The maximum atomic E-state index is 13.8. The average Bonchev–Trinajstić information content (AvgIpc) is 3.32. The molecule has 4 rings (SSSR count). The van der Waals surface area contributed by atoms with Gasteiger partial charge in [-0.15, -0.1) is 0 Å². The Hall–Kier alpha value is -3.46. The van der Waals surface area contributed by atoms with Crippen molar-refractivity contribution in [3.8, 4) is 11.8 Å². The molecule has 31 heavy (non-hydrogen) atoms. The second-order valence-corrected chi connectivity index (χ2v) is 8.35. The van der Waals surface area contributed by atoms with Gasteiger partial charge in [-0.2, -0.15) is 10.4 Å². The number of hydrogen-bond donors (Lipinski definition) is 0. The van der Waals surface area contributed by atoms with E-state index < -0.39 is 0 Å². The first-order valence-electron chi connectivity index (χ1n) is 10.8. The minimum Gasteiger partial charge on any atom is -0.335 e. The number of pyridine rings is 1. The van der Waals surface area contributed by atoms with Crippen LogP contribution in [0.5, 0.6) is 0 Å². The monoisotopic (exact) mass is 413 g/mol. The van der Waals surface area contributed by atoms with Crippen LogP contribution >= 0.6 is 0 Å². The summed E-state index contributed by atoms with van der Waals surface area (Å²) < 4.78 is 1.76. The van der Waals surface area contributed by atoms with Crippen LogP contribution in [0.1, 0.15) is 53.4 Å². The molecular formula is C25H27N5O. The number of amides is 1. The lowest BCUT2D eigenvalue weighted by atomic mass is 9.86. The van der Waals surface area contributed by atoms with Crippen molar-refractivity contribution in [3.05, 3.63) is 77.4 Å². The molecular weight excluding hydrogens is 386 g/mol. The standard InChI is InChI=1S/C25H27N5O/c1-18-6-10-24(30-14-4-12-28-30)22(15-18)25(31)29-13-3-5-19(2)23(29)11-9-21-8-7-20(16-26)17-27-21/h4,6-8,10,12,14-15,17,19,23H,3,5,9,11,13H2,1-2H3/t19-,23-/m1/s1. The van der Waals surface area contributed by atoms with Crippen molar-refractivity contribution in [2.75, 3.05) is 6.54 Å². The molecule has 2 aromatic heterocycles. The van der Waals surface area contributed by atoms with Gasteiger partial charge >= 0.3 is 0 Å². The van der Waals surface area contributed by atoms with Gasteiger partial charge in [-0.3, -0.25) is 9.78 Å². The molecule has 0 N–H and O–H groups in total. The normalized spacial score (nSPS) is 18.5. The molecule has 2 atom stereocenters. The Kier molecular flexibility index (Phi) is 6.13. The highest BCUT2D eigenvalue weighted by Crippen LogP contribution is 2.29. The lowest BCUT2D eigenvalue weighted by Crippen LogP contribution is -2.48. The molecule has 0 aliphatic carbocycles. The van der Waals surface area contributed by atoms with E-state index in [4.69, 9.17) is 5.26 Å². The lowest BCUT2D eigenvalue weighted by Gasteiger charge is -2.40. The van der Waals surface area contributed by atoms with Crippen LogP contribution in [-0.2, 0) is 6.42 Å². The van der Waals surface area contributed by atoms with Crippen LogP contribution < -0.4 is 0 Å². The highest BCUT2D eigenvalue weighted by molar-refractivity contribution is 5.98. The van der Waals surface area contributed by atoms with Gasteiger partial charge in [0, 0.05) is 36.9 Å². The summed E-state index contributed by atoms with van der Waals surface area (Å²) >= 11 is 0. The number of aromatic nitrogens is 3. The number of nitriles is 1. The number of hydrogen-bond acceptors (Lipinski definition) is 4. The topological polar surface area (TPSA) is 74.8 Å². The van der Waals surface area contributed by atoms with E-state index in [1.54, 1.807) is 23.1 Å². The van der Waals surface area contributed by atoms with Crippen LogP contribution in [0, 0.1) is 24.2 Å². The van der Waals surface area contributed by atoms with Gasteiger partial charge < -0.3 is 4.90 Å². The van der Waals surface area contributed by atoms with Gasteiger partial charge in [0.2, 0.25) is 0 Å². The van der Waals surface area contributed by atoms with E-state index in [0.29, 0.717) is 17.0 Å². The molecule has 1 aromatic carbocycles. The molecule has 0 bridgehead atoms. The Morgan fingerprint density at radius 3 is 2.87 bits per heavy atom. The first-order chi connectivity index (χ1) is 15.1. The third-order valence-corrected chi connectivity index (χ3v) is 6.16. The highest BCUT2D eigenvalue weighted by atomic mass is 16.2. The lowest BCUT2D eigenvalue weighted by molar-refractivity contribution is 0.0499. The Balaban J connectivity index is 1.58. The molecule has 1 amide bonds. The summed E-state index contributed by atoms with van der Waals surface area (Å²) in [6.45, 7) is 5.01. The molecule has 3 aromatic rings. The van der Waals surface area contributed by atoms with Gasteiger partial charge in [-0.1, -0.05) is 18.6 Å². The maximum Gasteiger partial charge on any atom is 0.256 e. The number of nitrogens with zero attached hydrogens (tertiary/aromatic N) is 5. The summed E-state index contributed by atoms with van der Waals surface area (Å²) in [7, 11) is 0. The molecule has 6 nitrogen and oxygen atoms in total. The predicted molar refractivity (Wildman–Crippen MR) is 119 cm³/mol. The second kappa shape index (κ2) is 9.13. The van der Waals surface area contributed by atoms with Gasteiger partial charge in [0.25, 0.3) is 5.91 Å².